The largest absolute Gasteiger partial charge is 0.480 e. The molecule has 0 aliphatic carbocycles. The Morgan fingerprint density at radius 2 is 1.96 bits per heavy atom. The molecule has 0 radical (unpaired) electrons. The minimum Gasteiger partial charge on any atom is -0.480 e. The summed E-state index contributed by atoms with van der Waals surface area (Å²) in [4.78, 5) is 27.3. The zero-order valence-electron chi connectivity index (χ0n) is 14.0. The van der Waals surface area contributed by atoms with Gasteiger partial charge in [0.05, 0.1) is 0 Å². The molecule has 0 unspecified atom stereocenters. The van der Waals surface area contributed by atoms with Crippen molar-refractivity contribution >= 4 is 23.5 Å². The van der Waals surface area contributed by atoms with Crippen LogP contribution in [0, 0.1) is 5.92 Å². The van der Waals surface area contributed by atoms with E-state index in [1.807, 2.05) is 13.8 Å². The average molecular weight is 366 g/mol. The minimum atomic E-state index is -1.04. The van der Waals surface area contributed by atoms with Gasteiger partial charge in [-0.3, -0.25) is 4.79 Å². The highest BCUT2D eigenvalue weighted by atomic mass is 35.5. The van der Waals surface area contributed by atoms with E-state index in [9.17, 15) is 9.59 Å². The third kappa shape index (κ3) is 5.86. The van der Waals surface area contributed by atoms with Crippen LogP contribution in [0.5, 0.6) is 0 Å². The highest BCUT2D eigenvalue weighted by Crippen LogP contribution is 2.19. The van der Waals surface area contributed by atoms with Gasteiger partial charge in [0.25, 0.3) is 0 Å². The predicted molar refractivity (Wildman–Crippen MR) is 92.1 cm³/mol. The van der Waals surface area contributed by atoms with Crippen LogP contribution in [0.2, 0.25) is 5.02 Å². The number of carboxylic acid groups (broad SMARTS) is 1. The molecule has 1 aromatic carbocycles. The number of carbonyl (C=O) groups is 2. The van der Waals surface area contributed by atoms with Crippen molar-refractivity contribution in [3.05, 3.63) is 35.2 Å². The molecule has 1 aromatic heterocycles. The lowest BCUT2D eigenvalue weighted by Gasteiger charge is -2.16. The van der Waals surface area contributed by atoms with E-state index in [1.54, 1.807) is 24.3 Å². The molecule has 0 saturated carbocycles. The first-order chi connectivity index (χ1) is 11.8. The molecule has 134 valence electrons. The minimum absolute atomic E-state index is 0.0735. The van der Waals surface area contributed by atoms with Crippen LogP contribution in [-0.4, -0.2) is 33.2 Å². The second kappa shape index (κ2) is 8.62. The molecule has 0 spiro atoms. The van der Waals surface area contributed by atoms with E-state index >= 15 is 0 Å². The second-order valence-electron chi connectivity index (χ2n) is 6.11. The smallest absolute Gasteiger partial charge is 0.326 e. The van der Waals surface area contributed by atoms with E-state index in [2.05, 4.69) is 15.5 Å². The van der Waals surface area contributed by atoms with Gasteiger partial charge in [-0.15, -0.1) is 0 Å². The summed E-state index contributed by atoms with van der Waals surface area (Å²) < 4.78 is 5.13. The number of carboxylic acids is 1. The van der Waals surface area contributed by atoms with E-state index in [0.29, 0.717) is 23.2 Å². The van der Waals surface area contributed by atoms with Gasteiger partial charge in [0.2, 0.25) is 17.6 Å². The summed E-state index contributed by atoms with van der Waals surface area (Å²) in [5, 5.41) is 16.1. The van der Waals surface area contributed by atoms with Gasteiger partial charge >= 0.3 is 5.97 Å². The number of carbonyl (C=O) groups excluding carboxylic acids is 1. The van der Waals surface area contributed by atoms with Crippen LogP contribution in [0.1, 0.15) is 32.6 Å². The Morgan fingerprint density at radius 1 is 1.28 bits per heavy atom. The van der Waals surface area contributed by atoms with Crippen LogP contribution in [0.25, 0.3) is 11.4 Å². The van der Waals surface area contributed by atoms with Gasteiger partial charge in [0.15, 0.2) is 0 Å². The van der Waals surface area contributed by atoms with Crippen LogP contribution in [0.4, 0.5) is 0 Å². The molecule has 2 rings (SSSR count). The fourth-order valence-corrected chi connectivity index (χ4v) is 2.38. The van der Waals surface area contributed by atoms with Crippen molar-refractivity contribution in [2.24, 2.45) is 5.92 Å². The Labute approximate surface area is 150 Å². The number of aromatic nitrogens is 2. The predicted octanol–water partition coefficient (Wildman–Crippen LogP) is 2.94. The number of hydrogen-bond acceptors (Lipinski definition) is 5. The van der Waals surface area contributed by atoms with E-state index in [4.69, 9.17) is 21.2 Å². The maximum atomic E-state index is 11.9. The van der Waals surface area contributed by atoms with Crippen molar-refractivity contribution in [2.75, 3.05) is 0 Å². The summed E-state index contributed by atoms with van der Waals surface area (Å²) in [6, 6.07) is 6.10. The maximum Gasteiger partial charge on any atom is 0.326 e. The Balaban J connectivity index is 1.89. The number of nitrogens with one attached hydrogen (secondary N) is 1. The number of benzene rings is 1. The SMILES string of the molecule is CC(C)C[C@@H](NC(=O)CCc1nc(-c2ccc(Cl)cc2)no1)C(=O)O. The van der Waals surface area contributed by atoms with Crippen molar-refractivity contribution in [2.45, 2.75) is 39.2 Å². The Hall–Kier alpha value is -2.41. The number of nitrogens with zero attached hydrogens (tertiary/aromatic N) is 2. The van der Waals surface area contributed by atoms with Gasteiger partial charge in [-0.25, -0.2) is 4.79 Å². The van der Waals surface area contributed by atoms with Crippen molar-refractivity contribution in [1.82, 2.24) is 15.5 Å². The first-order valence-corrected chi connectivity index (χ1v) is 8.33. The van der Waals surface area contributed by atoms with Crippen LogP contribution >= 0.6 is 11.6 Å². The van der Waals surface area contributed by atoms with Crippen molar-refractivity contribution in [1.29, 1.82) is 0 Å². The number of aryl methyl sites for hydroxylation is 1. The quantitative estimate of drug-likeness (QED) is 0.745. The van der Waals surface area contributed by atoms with Gasteiger partial charge in [-0.2, -0.15) is 4.98 Å². The standard InChI is InChI=1S/C17H20ClN3O4/c1-10(2)9-13(17(23)24)19-14(22)7-8-15-20-16(21-25-15)11-3-5-12(18)6-4-11/h3-6,10,13H,7-9H2,1-2H3,(H,19,22)(H,23,24)/t13-/m1/s1. The molecule has 2 N–H and O–H groups in total. The van der Waals surface area contributed by atoms with E-state index in [1.165, 1.54) is 0 Å². The van der Waals surface area contributed by atoms with Crippen LogP contribution in [0.15, 0.2) is 28.8 Å². The number of rotatable bonds is 8. The van der Waals surface area contributed by atoms with Gasteiger partial charge in [-0.1, -0.05) is 30.6 Å². The Kier molecular flexibility index (Phi) is 6.52. The molecule has 0 saturated heterocycles. The Bertz CT molecular complexity index is 728. The molecular formula is C17H20ClN3O4. The lowest BCUT2D eigenvalue weighted by Crippen LogP contribution is -2.41. The summed E-state index contributed by atoms with van der Waals surface area (Å²) in [6.45, 7) is 3.80. The molecule has 7 nitrogen and oxygen atoms in total. The van der Waals surface area contributed by atoms with E-state index in [0.717, 1.165) is 5.56 Å². The summed E-state index contributed by atoms with van der Waals surface area (Å²) in [6.07, 6.45) is 0.687. The molecule has 0 aliphatic heterocycles. The van der Waals surface area contributed by atoms with Gasteiger partial charge in [0.1, 0.15) is 6.04 Å². The average Bonchev–Trinajstić information content (AvgIpc) is 3.01. The normalized spacial score (nSPS) is 12.2. The lowest BCUT2D eigenvalue weighted by molar-refractivity contribution is -0.142. The van der Waals surface area contributed by atoms with Crippen molar-refractivity contribution < 1.29 is 19.2 Å². The van der Waals surface area contributed by atoms with E-state index < -0.39 is 12.0 Å². The first-order valence-electron chi connectivity index (χ1n) is 7.96. The highest BCUT2D eigenvalue weighted by Gasteiger charge is 2.21. The molecule has 0 aliphatic rings. The molecule has 25 heavy (non-hydrogen) atoms. The van der Waals surface area contributed by atoms with Crippen molar-refractivity contribution in [3.8, 4) is 11.4 Å². The van der Waals surface area contributed by atoms with Gasteiger partial charge in [0, 0.05) is 23.4 Å². The summed E-state index contributed by atoms with van der Waals surface area (Å²) in [5.41, 5.74) is 0.756. The van der Waals surface area contributed by atoms with Crippen molar-refractivity contribution in [3.63, 3.8) is 0 Å². The summed E-state index contributed by atoms with van der Waals surface area (Å²) >= 11 is 5.83. The molecule has 0 fully saturated rings. The van der Waals surface area contributed by atoms with Crippen LogP contribution in [-0.2, 0) is 16.0 Å². The van der Waals surface area contributed by atoms with E-state index in [-0.39, 0.29) is 24.7 Å². The number of hydrogen-bond donors (Lipinski definition) is 2. The number of halogens is 1. The number of amides is 1. The third-order valence-corrected chi connectivity index (χ3v) is 3.73. The van der Waals surface area contributed by atoms with Crippen LogP contribution in [0.3, 0.4) is 0 Å². The van der Waals surface area contributed by atoms with Gasteiger partial charge in [-0.05, 0) is 36.6 Å². The third-order valence-electron chi connectivity index (χ3n) is 3.48. The fourth-order valence-electron chi connectivity index (χ4n) is 2.25. The maximum absolute atomic E-state index is 11.9. The molecule has 2 aromatic rings. The molecule has 1 atom stereocenters. The molecule has 8 heteroatoms. The monoisotopic (exact) mass is 365 g/mol. The number of aliphatic carboxylic acids is 1. The summed E-state index contributed by atoms with van der Waals surface area (Å²) in [5.74, 6) is -0.505. The molecule has 1 heterocycles. The first kappa shape index (κ1) is 18.9. The van der Waals surface area contributed by atoms with Crippen LogP contribution < -0.4 is 5.32 Å². The Morgan fingerprint density at radius 3 is 2.56 bits per heavy atom. The molecule has 0 bridgehead atoms. The zero-order valence-corrected chi connectivity index (χ0v) is 14.8. The fraction of sp³-hybridized carbons (Fsp3) is 0.412. The molecule has 1 amide bonds. The second-order valence-corrected chi connectivity index (χ2v) is 6.54. The van der Waals surface area contributed by atoms with Gasteiger partial charge < -0.3 is 14.9 Å². The summed E-state index contributed by atoms with van der Waals surface area (Å²) in [7, 11) is 0. The zero-order chi connectivity index (χ0) is 18.4. The highest BCUT2D eigenvalue weighted by molar-refractivity contribution is 6.30. The lowest BCUT2D eigenvalue weighted by atomic mass is 10.0. The topological polar surface area (TPSA) is 105 Å². The molecular weight excluding hydrogens is 346 g/mol.